The van der Waals surface area contributed by atoms with E-state index in [-0.39, 0.29) is 29.7 Å². The summed E-state index contributed by atoms with van der Waals surface area (Å²) >= 11 is 0. The molecule has 2 aromatic carbocycles. The van der Waals surface area contributed by atoms with Crippen molar-refractivity contribution >= 4 is 39.6 Å². The number of nitrogens with two attached hydrogens (primary N) is 2. The minimum absolute atomic E-state index is 0.159. The van der Waals surface area contributed by atoms with E-state index in [4.69, 9.17) is 16.6 Å². The van der Waals surface area contributed by atoms with Gasteiger partial charge >= 0.3 is 6.09 Å². The average molecular weight is 569 g/mol. The highest BCUT2D eigenvalue weighted by Crippen LogP contribution is 2.34. The fourth-order valence-electron chi connectivity index (χ4n) is 4.81. The van der Waals surface area contributed by atoms with Crippen LogP contribution in [-0.4, -0.2) is 79.8 Å². The van der Waals surface area contributed by atoms with Gasteiger partial charge in [-0.15, -0.1) is 0 Å². The summed E-state index contributed by atoms with van der Waals surface area (Å²) < 4.78 is 27.6. The van der Waals surface area contributed by atoms with E-state index in [0.29, 0.717) is 56.2 Å². The predicted octanol–water partition coefficient (Wildman–Crippen LogP) is 2.60. The molecule has 2 amide bonds. The molecular formula is C28H36N6O5S. The van der Waals surface area contributed by atoms with Crippen LogP contribution >= 0.6 is 0 Å². The lowest BCUT2D eigenvalue weighted by Crippen LogP contribution is -2.52. The third-order valence-corrected chi connectivity index (χ3v) is 8.82. The maximum atomic E-state index is 13.4. The van der Waals surface area contributed by atoms with Crippen molar-refractivity contribution in [3.8, 4) is 11.1 Å². The number of aliphatic imine (C=N–C) groups is 1. The number of carbonyl (C=O) groups excluding carboxylic acids is 1. The second-order valence-electron chi connectivity index (χ2n) is 10.1. The van der Waals surface area contributed by atoms with Crippen molar-refractivity contribution in [1.29, 1.82) is 0 Å². The molecule has 1 saturated heterocycles. The molecule has 12 heteroatoms. The minimum Gasteiger partial charge on any atom is -0.465 e. The van der Waals surface area contributed by atoms with E-state index in [1.165, 1.54) is 4.31 Å². The van der Waals surface area contributed by atoms with Crippen molar-refractivity contribution in [2.45, 2.75) is 31.1 Å². The summed E-state index contributed by atoms with van der Waals surface area (Å²) in [5, 5.41) is 11.1. The number of carbonyl (C=O) groups is 2. The SMILES string of the molecule is CCCN(CCCNC(=O)O)C(=O)C1=Cc2ccc(-c3cccc(S(=O)(=O)N4CC(CN)C4)c3)cc2N=C(N)C1. The van der Waals surface area contributed by atoms with Gasteiger partial charge in [0.2, 0.25) is 15.9 Å². The molecule has 0 saturated carbocycles. The van der Waals surface area contributed by atoms with Crippen LogP contribution in [0.25, 0.3) is 17.2 Å². The van der Waals surface area contributed by atoms with Crippen LogP contribution in [0.1, 0.15) is 31.7 Å². The summed E-state index contributed by atoms with van der Waals surface area (Å²) in [6.45, 7) is 4.51. The number of carboxylic acid groups (broad SMARTS) is 1. The molecule has 0 spiro atoms. The van der Waals surface area contributed by atoms with Crippen molar-refractivity contribution < 1.29 is 23.1 Å². The monoisotopic (exact) mass is 568 g/mol. The summed E-state index contributed by atoms with van der Waals surface area (Å²) in [5.41, 5.74) is 15.2. The first-order valence-electron chi connectivity index (χ1n) is 13.4. The Bertz CT molecular complexity index is 1430. The van der Waals surface area contributed by atoms with E-state index in [0.717, 1.165) is 23.1 Å². The largest absolute Gasteiger partial charge is 0.465 e. The quantitative estimate of drug-likeness (QED) is 0.302. The van der Waals surface area contributed by atoms with Gasteiger partial charge in [0.15, 0.2) is 0 Å². The molecule has 0 radical (unpaired) electrons. The number of benzene rings is 2. The van der Waals surface area contributed by atoms with E-state index >= 15 is 0 Å². The molecule has 0 aromatic heterocycles. The molecule has 6 N–H and O–H groups in total. The Kier molecular flexibility index (Phi) is 9.23. The molecule has 2 aliphatic rings. The number of nitrogens with one attached hydrogen (secondary N) is 1. The van der Waals surface area contributed by atoms with Crippen LogP contribution in [-0.2, 0) is 14.8 Å². The first-order chi connectivity index (χ1) is 19.1. The van der Waals surface area contributed by atoms with Gasteiger partial charge in [-0.2, -0.15) is 4.31 Å². The highest BCUT2D eigenvalue weighted by molar-refractivity contribution is 7.89. The molecule has 0 aliphatic carbocycles. The van der Waals surface area contributed by atoms with Gasteiger partial charge in [-0.25, -0.2) is 18.2 Å². The van der Waals surface area contributed by atoms with Gasteiger partial charge < -0.3 is 26.8 Å². The number of amidine groups is 1. The molecule has 0 bridgehead atoms. The van der Waals surface area contributed by atoms with Crippen LogP contribution in [0.4, 0.5) is 10.5 Å². The van der Waals surface area contributed by atoms with Crippen molar-refractivity contribution in [2.24, 2.45) is 22.4 Å². The van der Waals surface area contributed by atoms with Crippen LogP contribution < -0.4 is 16.8 Å². The van der Waals surface area contributed by atoms with E-state index < -0.39 is 16.1 Å². The second kappa shape index (κ2) is 12.6. The fourth-order valence-corrected chi connectivity index (χ4v) is 6.45. The van der Waals surface area contributed by atoms with Gasteiger partial charge in [-0.1, -0.05) is 31.2 Å². The smallest absolute Gasteiger partial charge is 0.404 e. The number of rotatable bonds is 11. The average Bonchev–Trinajstić information content (AvgIpc) is 3.06. The third-order valence-electron chi connectivity index (χ3n) is 6.99. The standard InChI is InChI=1S/C28H36N6O5S/c1-2-10-33(11-4-9-31-28(36)37)27(35)23-12-22-8-7-21(14-25(22)32-26(30)15-23)20-5-3-6-24(13-20)40(38,39)34-17-19(16-29)18-34/h3,5-8,12-14,19,31H,2,4,9-11,15-18,29H2,1H3,(H2,30,32)(H,36,37). The van der Waals surface area contributed by atoms with Gasteiger partial charge in [-0.3, -0.25) is 4.79 Å². The van der Waals surface area contributed by atoms with Gasteiger partial charge in [0.05, 0.1) is 10.6 Å². The highest BCUT2D eigenvalue weighted by Gasteiger charge is 2.36. The molecule has 2 aromatic rings. The Hall–Kier alpha value is -3.74. The summed E-state index contributed by atoms with van der Waals surface area (Å²) in [6, 6.07) is 12.4. The zero-order valence-corrected chi connectivity index (χ0v) is 23.4. The molecule has 2 aliphatic heterocycles. The first-order valence-corrected chi connectivity index (χ1v) is 14.8. The number of hydrogen-bond acceptors (Lipinski definition) is 7. The van der Waals surface area contributed by atoms with Crippen molar-refractivity contribution in [3.63, 3.8) is 0 Å². The second-order valence-corrected chi connectivity index (χ2v) is 12.0. The molecule has 40 heavy (non-hydrogen) atoms. The summed E-state index contributed by atoms with van der Waals surface area (Å²) in [7, 11) is -3.60. The fraction of sp³-hybridized carbons (Fsp3) is 0.393. The maximum absolute atomic E-state index is 13.4. The summed E-state index contributed by atoms with van der Waals surface area (Å²) in [6.07, 6.45) is 2.14. The van der Waals surface area contributed by atoms with Crippen LogP contribution in [0, 0.1) is 5.92 Å². The van der Waals surface area contributed by atoms with Gasteiger partial charge in [0, 0.05) is 50.3 Å². The molecule has 0 atom stereocenters. The zero-order chi connectivity index (χ0) is 28.9. The number of sulfonamides is 1. The zero-order valence-electron chi connectivity index (χ0n) is 22.5. The van der Waals surface area contributed by atoms with E-state index in [1.54, 1.807) is 29.2 Å². The third kappa shape index (κ3) is 6.69. The van der Waals surface area contributed by atoms with Crippen LogP contribution in [0.2, 0.25) is 0 Å². The topological polar surface area (TPSA) is 171 Å². The van der Waals surface area contributed by atoms with Crippen LogP contribution in [0.15, 0.2) is 57.9 Å². The van der Waals surface area contributed by atoms with E-state index in [9.17, 15) is 18.0 Å². The molecule has 4 rings (SSSR count). The molecule has 214 valence electrons. The van der Waals surface area contributed by atoms with Gasteiger partial charge in [0.25, 0.3) is 0 Å². The van der Waals surface area contributed by atoms with Gasteiger partial charge in [0.1, 0.15) is 5.84 Å². The Morgan fingerprint density at radius 2 is 1.90 bits per heavy atom. The van der Waals surface area contributed by atoms with Crippen LogP contribution in [0.3, 0.4) is 0 Å². The number of amides is 2. The molecule has 2 heterocycles. The predicted molar refractivity (Wildman–Crippen MR) is 155 cm³/mol. The molecule has 0 unspecified atom stereocenters. The Labute approximate surface area is 234 Å². The highest BCUT2D eigenvalue weighted by atomic mass is 32.2. The molecule has 11 nitrogen and oxygen atoms in total. The maximum Gasteiger partial charge on any atom is 0.404 e. The Morgan fingerprint density at radius 1 is 1.15 bits per heavy atom. The van der Waals surface area contributed by atoms with Crippen molar-refractivity contribution in [1.82, 2.24) is 14.5 Å². The van der Waals surface area contributed by atoms with E-state index in [1.807, 2.05) is 31.2 Å². The lowest BCUT2D eigenvalue weighted by Gasteiger charge is -2.37. The molecule has 1 fully saturated rings. The number of fused-ring (bicyclic) bond motifs is 1. The van der Waals surface area contributed by atoms with Crippen molar-refractivity contribution in [3.05, 3.63) is 53.6 Å². The number of nitrogens with zero attached hydrogens (tertiary/aromatic N) is 3. The van der Waals surface area contributed by atoms with Gasteiger partial charge in [-0.05, 0) is 60.7 Å². The Morgan fingerprint density at radius 3 is 2.60 bits per heavy atom. The summed E-state index contributed by atoms with van der Waals surface area (Å²) in [4.78, 5) is 30.6. The normalized spacial score (nSPS) is 15.8. The lowest BCUT2D eigenvalue weighted by molar-refractivity contribution is -0.127. The first kappa shape index (κ1) is 29.2. The lowest BCUT2D eigenvalue weighted by atomic mass is 10.0. The van der Waals surface area contributed by atoms with Crippen molar-refractivity contribution in [2.75, 3.05) is 39.3 Å². The number of hydrogen-bond donors (Lipinski definition) is 4. The van der Waals surface area contributed by atoms with E-state index in [2.05, 4.69) is 10.3 Å². The Balaban J connectivity index is 1.57. The molecular weight excluding hydrogens is 532 g/mol. The summed E-state index contributed by atoms with van der Waals surface area (Å²) in [5.74, 6) is 0.328. The minimum atomic E-state index is -3.60. The van der Waals surface area contributed by atoms with Crippen LogP contribution in [0.5, 0.6) is 0 Å².